The van der Waals surface area contributed by atoms with Gasteiger partial charge >= 0.3 is 13.7 Å². The first-order chi connectivity index (χ1) is 15.1. The van der Waals surface area contributed by atoms with Crippen LogP contribution in [0.5, 0.6) is 5.75 Å². The van der Waals surface area contributed by atoms with Crippen molar-refractivity contribution >= 4 is 20.1 Å². The van der Waals surface area contributed by atoms with Crippen LogP contribution in [-0.2, 0) is 23.4 Å². The minimum atomic E-state index is -4.27. The number of likely N-dealkylation sites (N-methyl/N-ethyl adjacent to an activating group) is 1. The van der Waals surface area contributed by atoms with Crippen LogP contribution in [0.4, 0.5) is 8.78 Å². The maximum atomic E-state index is 14.4. The maximum Gasteiger partial charge on any atom is 0.459 e. The quantitative estimate of drug-likeness (QED) is 0.385. The minimum Gasteiger partial charge on any atom is -0.413 e. The van der Waals surface area contributed by atoms with Gasteiger partial charge in [0.25, 0.3) is 0 Å². The van der Waals surface area contributed by atoms with Crippen LogP contribution in [0.15, 0.2) is 43.1 Å². The van der Waals surface area contributed by atoms with Crippen LogP contribution in [0.25, 0.3) is 0 Å². The molecule has 0 radical (unpaired) electrons. The summed E-state index contributed by atoms with van der Waals surface area (Å²) in [6, 6.07) is 7.06. The van der Waals surface area contributed by atoms with E-state index in [1.54, 1.807) is 25.2 Å². The number of hydrogen-bond acceptors (Lipinski definition) is 7. The maximum absolute atomic E-state index is 14.4. The van der Waals surface area contributed by atoms with E-state index in [4.69, 9.17) is 13.8 Å². The van der Waals surface area contributed by atoms with E-state index in [-0.39, 0.29) is 18.1 Å². The van der Waals surface area contributed by atoms with Crippen molar-refractivity contribution in [3.05, 3.63) is 43.1 Å². The zero-order chi connectivity index (χ0) is 23.5. The van der Waals surface area contributed by atoms with E-state index >= 15 is 0 Å². The molecule has 0 spiro atoms. The second kappa shape index (κ2) is 9.63. The Morgan fingerprint density at radius 3 is 2.69 bits per heavy atom. The number of carbonyl (C=O) groups is 2. The fourth-order valence-corrected chi connectivity index (χ4v) is 4.88. The van der Waals surface area contributed by atoms with Crippen molar-refractivity contribution in [3.63, 3.8) is 0 Å². The van der Waals surface area contributed by atoms with Gasteiger partial charge in [-0.05, 0) is 18.6 Å². The van der Waals surface area contributed by atoms with Crippen LogP contribution in [0.2, 0.25) is 0 Å². The second-order valence-electron chi connectivity index (χ2n) is 7.31. The number of carbonyl (C=O) groups excluding carboxylic acids is 2. The molecule has 2 aliphatic rings. The van der Waals surface area contributed by atoms with Crippen molar-refractivity contribution in [2.45, 2.75) is 36.8 Å². The molecule has 2 unspecified atom stereocenters. The van der Waals surface area contributed by atoms with Gasteiger partial charge in [0.1, 0.15) is 11.9 Å². The lowest BCUT2D eigenvalue weighted by molar-refractivity contribution is -0.163. The first kappa shape index (κ1) is 24.3. The third-order valence-electron chi connectivity index (χ3n) is 5.10. The number of alkyl halides is 2. The van der Waals surface area contributed by atoms with Gasteiger partial charge in [0.2, 0.25) is 18.5 Å². The van der Waals surface area contributed by atoms with Gasteiger partial charge in [-0.15, -0.1) is 0 Å². The highest BCUT2D eigenvalue weighted by atomic mass is 31.2. The van der Waals surface area contributed by atoms with E-state index in [2.05, 4.69) is 11.7 Å². The van der Waals surface area contributed by atoms with Gasteiger partial charge in [0.15, 0.2) is 6.10 Å². The summed E-state index contributed by atoms with van der Waals surface area (Å²) in [5, 5.41) is 12.6. The summed E-state index contributed by atoms with van der Waals surface area (Å²) in [7, 11) is -2.69. The Hall–Kier alpha value is -2.37. The van der Waals surface area contributed by atoms with Crippen molar-refractivity contribution in [1.29, 1.82) is 0 Å². The van der Waals surface area contributed by atoms with Crippen molar-refractivity contribution in [3.8, 4) is 5.75 Å². The monoisotopic (exact) mass is 475 g/mol. The molecular weight excluding hydrogens is 451 g/mol. The highest BCUT2D eigenvalue weighted by Crippen LogP contribution is 2.47. The van der Waals surface area contributed by atoms with Gasteiger partial charge in [-0.25, -0.2) is 4.57 Å². The van der Waals surface area contributed by atoms with Crippen LogP contribution < -0.4 is 9.61 Å². The molecule has 2 amide bonds. The molecule has 10 nitrogen and oxygen atoms in total. The third-order valence-corrected chi connectivity index (χ3v) is 6.67. The predicted molar refractivity (Wildman–Crippen MR) is 108 cm³/mol. The molecule has 0 aliphatic carbocycles. The summed E-state index contributed by atoms with van der Waals surface area (Å²) >= 11 is 0. The van der Waals surface area contributed by atoms with E-state index in [0.29, 0.717) is 17.9 Å². The number of halogens is 2. The lowest BCUT2D eigenvalue weighted by Gasteiger charge is -2.25. The van der Waals surface area contributed by atoms with Gasteiger partial charge < -0.3 is 19.3 Å². The van der Waals surface area contributed by atoms with Crippen LogP contribution in [-0.4, -0.2) is 77.8 Å². The fourth-order valence-electron chi connectivity index (χ4n) is 3.33. The van der Waals surface area contributed by atoms with E-state index in [1.807, 2.05) is 0 Å². The Morgan fingerprint density at radius 2 is 2.12 bits per heavy atom. The van der Waals surface area contributed by atoms with E-state index in [0.717, 1.165) is 6.20 Å². The Labute approximate surface area is 183 Å². The Morgan fingerprint density at radius 1 is 1.44 bits per heavy atom. The van der Waals surface area contributed by atoms with E-state index in [9.17, 15) is 28.0 Å². The summed E-state index contributed by atoms with van der Waals surface area (Å²) in [6.07, 6.45) is -4.89. The summed E-state index contributed by atoms with van der Waals surface area (Å²) in [6.45, 7) is 2.90. The SMILES string of the molecule is C=CN(C=O)[C@@H]1O[C@H](COP(=O)(NC2CCN(C)C2=O)Oc2ccccc2)[C@@H](O)C1(F)F. The van der Waals surface area contributed by atoms with E-state index in [1.165, 1.54) is 17.0 Å². The summed E-state index contributed by atoms with van der Waals surface area (Å²) in [5.74, 6) is -4.02. The predicted octanol–water partition coefficient (Wildman–Crippen LogP) is 1.33. The van der Waals surface area contributed by atoms with Crippen molar-refractivity contribution < 1.29 is 41.8 Å². The summed E-state index contributed by atoms with van der Waals surface area (Å²) in [4.78, 5) is 25.1. The van der Waals surface area contributed by atoms with Gasteiger partial charge in [-0.3, -0.25) is 19.0 Å². The molecule has 2 heterocycles. The van der Waals surface area contributed by atoms with Crippen molar-refractivity contribution in [2.75, 3.05) is 20.2 Å². The standard InChI is InChI=1S/C19H24F2N3O7P/c1-3-24(12-25)18-19(20,21)16(26)15(30-18)11-29-32(28,31-13-7-5-4-6-8-13)22-14-9-10-23(2)17(14)27/h3-8,12,14-16,18,26H,1,9-11H2,2H3,(H,22,28)/t14?,15-,16-,18-,32?/m1/s1. The molecule has 5 atom stereocenters. The number of aliphatic hydroxyl groups is 1. The number of benzene rings is 1. The van der Waals surface area contributed by atoms with Gasteiger partial charge in [-0.2, -0.15) is 13.9 Å². The molecule has 13 heteroatoms. The lowest BCUT2D eigenvalue weighted by atomic mass is 10.1. The molecule has 0 bridgehead atoms. The molecule has 2 aliphatic heterocycles. The number of para-hydroxylation sites is 1. The number of likely N-dealkylation sites (tertiary alicyclic amines) is 1. The van der Waals surface area contributed by atoms with Gasteiger partial charge in [0, 0.05) is 19.8 Å². The molecule has 32 heavy (non-hydrogen) atoms. The van der Waals surface area contributed by atoms with Gasteiger partial charge in [-0.1, -0.05) is 24.8 Å². The number of amides is 2. The van der Waals surface area contributed by atoms with Crippen LogP contribution in [0, 0.1) is 0 Å². The van der Waals surface area contributed by atoms with Gasteiger partial charge in [0.05, 0.1) is 12.6 Å². The Kier molecular flexibility index (Phi) is 7.31. The number of ether oxygens (including phenoxy) is 1. The highest BCUT2D eigenvalue weighted by Gasteiger charge is 2.60. The Bertz CT molecular complexity index is 883. The average Bonchev–Trinajstić information content (AvgIpc) is 3.19. The molecule has 1 aromatic carbocycles. The zero-order valence-electron chi connectivity index (χ0n) is 17.2. The molecule has 3 rings (SSSR count). The molecular formula is C19H24F2N3O7P. The smallest absolute Gasteiger partial charge is 0.413 e. The van der Waals surface area contributed by atoms with Crippen LogP contribution in [0.3, 0.4) is 0 Å². The average molecular weight is 475 g/mol. The third kappa shape index (κ3) is 5.00. The van der Waals surface area contributed by atoms with Crippen molar-refractivity contribution in [1.82, 2.24) is 14.9 Å². The summed E-state index contributed by atoms with van der Waals surface area (Å²) < 4.78 is 58.1. The molecule has 2 N–H and O–H groups in total. The molecule has 1 aromatic rings. The second-order valence-corrected chi connectivity index (χ2v) is 9.00. The first-order valence-electron chi connectivity index (χ1n) is 9.70. The van der Waals surface area contributed by atoms with Crippen LogP contribution >= 0.6 is 7.75 Å². The number of aliphatic hydroxyl groups excluding tert-OH is 1. The fraction of sp³-hybridized carbons (Fsp3) is 0.474. The first-order valence-corrected chi connectivity index (χ1v) is 11.2. The number of nitrogens with zero attached hydrogens (tertiary/aromatic N) is 2. The highest BCUT2D eigenvalue weighted by molar-refractivity contribution is 7.52. The minimum absolute atomic E-state index is 0.0781. The summed E-state index contributed by atoms with van der Waals surface area (Å²) in [5.41, 5.74) is 0. The zero-order valence-corrected chi connectivity index (χ0v) is 18.1. The molecule has 2 saturated heterocycles. The normalized spacial score (nSPS) is 28.9. The largest absolute Gasteiger partial charge is 0.459 e. The molecule has 176 valence electrons. The van der Waals surface area contributed by atoms with E-state index < -0.39 is 44.8 Å². The number of hydrogen-bond donors (Lipinski definition) is 2. The molecule has 0 saturated carbocycles. The number of rotatable bonds is 10. The van der Waals surface area contributed by atoms with Crippen molar-refractivity contribution in [2.24, 2.45) is 0 Å². The topological polar surface area (TPSA) is 118 Å². The number of nitrogens with one attached hydrogen (secondary N) is 1. The molecule has 0 aromatic heterocycles. The van der Waals surface area contributed by atoms with Crippen LogP contribution in [0.1, 0.15) is 6.42 Å². The Balaban J connectivity index is 1.76. The molecule has 2 fully saturated rings. The lowest BCUT2D eigenvalue weighted by Crippen LogP contribution is -2.47.